The maximum atomic E-state index is 11.5. The molecule has 1 saturated heterocycles. The summed E-state index contributed by atoms with van der Waals surface area (Å²) >= 11 is 4.94. The van der Waals surface area contributed by atoms with Crippen LogP contribution in [0.1, 0.15) is 19.3 Å². The number of carbonyl (C=O) groups is 1. The molecule has 7 heteroatoms. The second kappa shape index (κ2) is 7.09. The summed E-state index contributed by atoms with van der Waals surface area (Å²) in [5, 5.41) is 4.03. The minimum Gasteiger partial charge on any atom is -0.369 e. The van der Waals surface area contributed by atoms with Gasteiger partial charge in [0.25, 0.3) is 0 Å². The summed E-state index contributed by atoms with van der Waals surface area (Å²) in [5.74, 6) is 1.10. The number of carbonyl (C=O) groups excluding carboxylic acids is 1. The van der Waals surface area contributed by atoms with Gasteiger partial charge in [-0.1, -0.05) is 11.8 Å². The van der Waals surface area contributed by atoms with Crippen molar-refractivity contribution in [1.29, 1.82) is 0 Å². The van der Waals surface area contributed by atoms with E-state index in [4.69, 9.17) is 0 Å². The van der Waals surface area contributed by atoms with Crippen LogP contribution in [0.3, 0.4) is 0 Å². The molecule has 1 N–H and O–H groups in total. The Morgan fingerprint density at radius 2 is 2.42 bits per heavy atom. The molecule has 0 atom stereocenters. The molecule has 104 valence electrons. The van der Waals surface area contributed by atoms with Gasteiger partial charge in [0, 0.05) is 32.3 Å². The zero-order valence-electron chi connectivity index (χ0n) is 10.9. The SMILES string of the molecule is CSc1ncc(Br)c(NCCCN2CCCC2=O)n1. The van der Waals surface area contributed by atoms with E-state index in [0.29, 0.717) is 6.42 Å². The van der Waals surface area contributed by atoms with Crippen molar-refractivity contribution in [3.8, 4) is 0 Å². The van der Waals surface area contributed by atoms with E-state index >= 15 is 0 Å². The molecule has 1 aliphatic rings. The Morgan fingerprint density at radius 3 is 3.11 bits per heavy atom. The average Bonchev–Trinajstić information content (AvgIpc) is 2.82. The molecule has 1 aliphatic heterocycles. The van der Waals surface area contributed by atoms with Crippen molar-refractivity contribution in [2.24, 2.45) is 0 Å². The van der Waals surface area contributed by atoms with Crippen LogP contribution in [0.2, 0.25) is 0 Å². The molecule has 0 bridgehead atoms. The summed E-state index contributed by atoms with van der Waals surface area (Å²) in [6.07, 6.45) is 6.34. The fraction of sp³-hybridized carbons (Fsp3) is 0.583. The summed E-state index contributed by atoms with van der Waals surface area (Å²) < 4.78 is 0.863. The Hall–Kier alpha value is -0.820. The molecule has 5 nitrogen and oxygen atoms in total. The number of rotatable bonds is 6. The average molecular weight is 345 g/mol. The van der Waals surface area contributed by atoms with Crippen LogP contribution in [0.25, 0.3) is 0 Å². The third kappa shape index (κ3) is 4.07. The zero-order valence-corrected chi connectivity index (χ0v) is 13.3. The fourth-order valence-corrected chi connectivity index (χ4v) is 2.66. The van der Waals surface area contributed by atoms with Crippen LogP contribution in [-0.2, 0) is 4.79 Å². The molecule has 0 aliphatic carbocycles. The van der Waals surface area contributed by atoms with Crippen LogP contribution in [0.15, 0.2) is 15.8 Å². The quantitative estimate of drug-likeness (QED) is 0.487. The van der Waals surface area contributed by atoms with Crippen molar-refractivity contribution >= 4 is 39.4 Å². The lowest BCUT2D eigenvalue weighted by molar-refractivity contribution is -0.127. The van der Waals surface area contributed by atoms with Gasteiger partial charge in [0.1, 0.15) is 5.82 Å². The molecule has 2 heterocycles. The highest BCUT2D eigenvalue weighted by Gasteiger charge is 2.18. The van der Waals surface area contributed by atoms with Gasteiger partial charge in [0.2, 0.25) is 5.91 Å². The van der Waals surface area contributed by atoms with Crippen molar-refractivity contribution in [2.45, 2.75) is 24.4 Å². The first-order valence-electron chi connectivity index (χ1n) is 6.29. The number of thioether (sulfide) groups is 1. The minimum atomic E-state index is 0.285. The topological polar surface area (TPSA) is 58.1 Å². The molecule has 0 spiro atoms. The summed E-state index contributed by atoms with van der Waals surface area (Å²) in [4.78, 5) is 21.9. The van der Waals surface area contributed by atoms with Gasteiger partial charge in [-0.3, -0.25) is 4.79 Å². The Kier molecular flexibility index (Phi) is 5.45. The summed E-state index contributed by atoms with van der Waals surface area (Å²) in [6, 6.07) is 0. The maximum Gasteiger partial charge on any atom is 0.222 e. The molecule has 1 aromatic heterocycles. The van der Waals surface area contributed by atoms with E-state index in [-0.39, 0.29) is 5.91 Å². The Labute approximate surface area is 125 Å². The van der Waals surface area contributed by atoms with Crippen molar-refractivity contribution in [3.63, 3.8) is 0 Å². The van der Waals surface area contributed by atoms with Crippen LogP contribution < -0.4 is 5.32 Å². The van der Waals surface area contributed by atoms with Crippen molar-refractivity contribution in [3.05, 3.63) is 10.7 Å². The first-order chi connectivity index (χ1) is 9.20. The summed E-state index contributed by atoms with van der Waals surface area (Å²) in [5.41, 5.74) is 0. The van der Waals surface area contributed by atoms with Gasteiger partial charge >= 0.3 is 0 Å². The van der Waals surface area contributed by atoms with Gasteiger partial charge in [-0.05, 0) is 35.0 Å². The van der Waals surface area contributed by atoms with Crippen molar-refractivity contribution < 1.29 is 4.79 Å². The first kappa shape index (κ1) is 14.6. The molecule has 0 radical (unpaired) electrons. The maximum absolute atomic E-state index is 11.5. The Bertz CT molecular complexity index is 457. The largest absolute Gasteiger partial charge is 0.369 e. The van der Waals surface area contributed by atoms with E-state index in [2.05, 4.69) is 31.2 Å². The van der Waals surface area contributed by atoms with E-state index in [9.17, 15) is 4.79 Å². The Balaban J connectivity index is 1.77. The second-order valence-corrected chi connectivity index (χ2v) is 5.95. The molecule has 0 aromatic carbocycles. The number of amides is 1. The van der Waals surface area contributed by atoms with Gasteiger partial charge in [-0.15, -0.1) is 0 Å². The van der Waals surface area contributed by atoms with Gasteiger partial charge in [-0.2, -0.15) is 0 Å². The van der Waals surface area contributed by atoms with Crippen LogP contribution in [0.4, 0.5) is 5.82 Å². The van der Waals surface area contributed by atoms with Crippen LogP contribution in [0.5, 0.6) is 0 Å². The highest BCUT2D eigenvalue weighted by molar-refractivity contribution is 9.10. The molecule has 1 fully saturated rings. The van der Waals surface area contributed by atoms with Gasteiger partial charge in [-0.25, -0.2) is 9.97 Å². The van der Waals surface area contributed by atoms with Crippen LogP contribution in [0, 0.1) is 0 Å². The zero-order chi connectivity index (χ0) is 13.7. The van der Waals surface area contributed by atoms with Gasteiger partial charge in [0.05, 0.1) is 4.47 Å². The first-order valence-corrected chi connectivity index (χ1v) is 8.30. The van der Waals surface area contributed by atoms with Gasteiger partial charge in [0.15, 0.2) is 5.16 Å². The molecule has 1 aromatic rings. The number of nitrogens with one attached hydrogen (secondary N) is 1. The number of aromatic nitrogens is 2. The highest BCUT2D eigenvalue weighted by atomic mass is 79.9. The molecular formula is C12H17BrN4OS. The van der Waals surface area contributed by atoms with E-state index in [0.717, 1.165) is 47.9 Å². The molecule has 2 rings (SSSR count). The summed E-state index contributed by atoms with van der Waals surface area (Å²) in [7, 11) is 0. The fourth-order valence-electron chi connectivity index (χ4n) is 1.99. The summed E-state index contributed by atoms with van der Waals surface area (Å²) in [6.45, 7) is 2.53. The molecular weight excluding hydrogens is 328 g/mol. The number of anilines is 1. The Morgan fingerprint density at radius 1 is 1.58 bits per heavy atom. The number of hydrogen-bond acceptors (Lipinski definition) is 5. The van der Waals surface area contributed by atoms with E-state index < -0.39 is 0 Å². The number of halogens is 1. The van der Waals surface area contributed by atoms with E-state index in [1.807, 2.05) is 11.2 Å². The van der Waals surface area contributed by atoms with E-state index in [1.165, 1.54) is 11.8 Å². The molecule has 0 saturated carbocycles. The highest BCUT2D eigenvalue weighted by Crippen LogP contribution is 2.21. The molecule has 19 heavy (non-hydrogen) atoms. The molecule has 0 unspecified atom stereocenters. The molecule has 1 amide bonds. The number of nitrogens with zero attached hydrogens (tertiary/aromatic N) is 3. The lowest BCUT2D eigenvalue weighted by atomic mass is 10.4. The second-order valence-electron chi connectivity index (χ2n) is 4.32. The lowest BCUT2D eigenvalue weighted by Crippen LogP contribution is -2.27. The minimum absolute atomic E-state index is 0.285. The lowest BCUT2D eigenvalue weighted by Gasteiger charge is -2.15. The van der Waals surface area contributed by atoms with Crippen molar-refractivity contribution in [1.82, 2.24) is 14.9 Å². The van der Waals surface area contributed by atoms with E-state index in [1.54, 1.807) is 6.20 Å². The standard InChI is InChI=1S/C12H17BrN4OS/c1-19-12-15-8-9(13)11(16-12)14-5-3-7-17-6-2-4-10(17)18/h8H,2-7H2,1H3,(H,14,15,16). The number of likely N-dealkylation sites (tertiary alicyclic amines) is 1. The third-order valence-electron chi connectivity index (χ3n) is 2.97. The van der Waals surface area contributed by atoms with Crippen LogP contribution >= 0.6 is 27.7 Å². The van der Waals surface area contributed by atoms with Gasteiger partial charge < -0.3 is 10.2 Å². The normalized spacial score (nSPS) is 15.1. The smallest absolute Gasteiger partial charge is 0.222 e. The van der Waals surface area contributed by atoms with Crippen LogP contribution in [-0.4, -0.2) is 46.7 Å². The monoisotopic (exact) mass is 344 g/mol. The van der Waals surface area contributed by atoms with Crippen molar-refractivity contribution in [2.75, 3.05) is 31.2 Å². The predicted octanol–water partition coefficient (Wildman–Crippen LogP) is 2.39. The predicted molar refractivity (Wildman–Crippen MR) is 80.4 cm³/mol. The third-order valence-corrected chi connectivity index (χ3v) is 4.12. The number of hydrogen-bond donors (Lipinski definition) is 1.